The van der Waals surface area contributed by atoms with Gasteiger partial charge in [0.1, 0.15) is 0 Å². The molecular formula is C18H21N. The fourth-order valence-corrected chi connectivity index (χ4v) is 3.32. The van der Waals surface area contributed by atoms with Gasteiger partial charge in [0.05, 0.1) is 0 Å². The van der Waals surface area contributed by atoms with Gasteiger partial charge in [-0.2, -0.15) is 0 Å². The minimum absolute atomic E-state index is 0.207. The van der Waals surface area contributed by atoms with E-state index in [0.29, 0.717) is 5.92 Å². The molecular weight excluding hydrogens is 230 g/mol. The van der Waals surface area contributed by atoms with Gasteiger partial charge in [0.25, 0.3) is 0 Å². The van der Waals surface area contributed by atoms with Crippen molar-refractivity contribution in [2.24, 2.45) is 5.41 Å². The largest absolute Gasteiger partial charge is 0.261 e. The standard InChI is InChI=1S/C18H21N/c1-18(2,3)17-14-8-5-4-7-13(14)10-11-16-15(17)9-6-12-19-16/h4-9,12,17H,10-11H2,1-3H3. The summed E-state index contributed by atoms with van der Waals surface area (Å²) < 4.78 is 0. The predicted octanol–water partition coefficient (Wildman–Crippen LogP) is 4.36. The number of rotatable bonds is 0. The second-order valence-corrected chi connectivity index (χ2v) is 6.54. The number of pyridine rings is 1. The molecule has 0 fully saturated rings. The molecule has 3 rings (SSSR count). The Hall–Kier alpha value is -1.63. The zero-order valence-corrected chi connectivity index (χ0v) is 12.0. The molecule has 98 valence electrons. The molecule has 1 nitrogen and oxygen atoms in total. The number of hydrogen-bond acceptors (Lipinski definition) is 1. The van der Waals surface area contributed by atoms with Gasteiger partial charge >= 0.3 is 0 Å². The van der Waals surface area contributed by atoms with Crippen molar-refractivity contribution in [3.63, 3.8) is 0 Å². The lowest BCUT2D eigenvalue weighted by Crippen LogP contribution is -2.21. The molecule has 19 heavy (non-hydrogen) atoms. The van der Waals surface area contributed by atoms with Crippen molar-refractivity contribution in [1.29, 1.82) is 0 Å². The molecule has 0 radical (unpaired) electrons. The normalized spacial score (nSPS) is 18.4. The number of aromatic nitrogens is 1. The van der Waals surface area contributed by atoms with Crippen molar-refractivity contribution < 1.29 is 0 Å². The molecule has 1 aliphatic rings. The van der Waals surface area contributed by atoms with Crippen molar-refractivity contribution in [3.8, 4) is 0 Å². The van der Waals surface area contributed by atoms with Crippen molar-refractivity contribution in [2.45, 2.75) is 39.5 Å². The summed E-state index contributed by atoms with van der Waals surface area (Å²) in [6.07, 6.45) is 4.08. The molecule has 0 saturated carbocycles. The van der Waals surface area contributed by atoms with E-state index in [9.17, 15) is 0 Å². The SMILES string of the molecule is CC(C)(C)C1c2ccccc2CCc2ncccc21. The summed E-state index contributed by atoms with van der Waals surface area (Å²) in [6, 6.07) is 13.2. The fraction of sp³-hybridized carbons (Fsp3) is 0.389. The third-order valence-corrected chi connectivity index (χ3v) is 4.10. The van der Waals surface area contributed by atoms with Crippen LogP contribution in [0.25, 0.3) is 0 Å². The van der Waals surface area contributed by atoms with Crippen LogP contribution in [0.15, 0.2) is 42.6 Å². The Kier molecular flexibility index (Phi) is 2.93. The van der Waals surface area contributed by atoms with Gasteiger partial charge in [-0.1, -0.05) is 51.1 Å². The molecule has 0 spiro atoms. The van der Waals surface area contributed by atoms with Gasteiger partial charge in [-0.15, -0.1) is 0 Å². The van der Waals surface area contributed by atoms with Crippen LogP contribution in [0.2, 0.25) is 0 Å². The summed E-state index contributed by atoms with van der Waals surface area (Å²) >= 11 is 0. The fourth-order valence-electron chi connectivity index (χ4n) is 3.32. The van der Waals surface area contributed by atoms with Crippen LogP contribution in [0.1, 0.15) is 49.1 Å². The summed E-state index contributed by atoms with van der Waals surface area (Å²) in [5.74, 6) is 0.440. The smallest absolute Gasteiger partial charge is 0.0445 e. The molecule has 1 aromatic heterocycles. The Morgan fingerprint density at radius 1 is 0.947 bits per heavy atom. The maximum atomic E-state index is 4.63. The Labute approximate surface area is 115 Å². The maximum Gasteiger partial charge on any atom is 0.0445 e. The first-order chi connectivity index (χ1) is 9.07. The highest BCUT2D eigenvalue weighted by molar-refractivity contribution is 5.44. The average Bonchev–Trinajstić information content (AvgIpc) is 2.54. The Morgan fingerprint density at radius 3 is 2.47 bits per heavy atom. The van der Waals surface area contributed by atoms with Crippen molar-refractivity contribution in [2.75, 3.05) is 0 Å². The third kappa shape index (κ3) is 2.18. The number of hydrogen-bond donors (Lipinski definition) is 0. The van der Waals surface area contributed by atoms with Crippen LogP contribution in [0.3, 0.4) is 0 Å². The van der Waals surface area contributed by atoms with Crippen molar-refractivity contribution >= 4 is 0 Å². The minimum Gasteiger partial charge on any atom is -0.261 e. The Morgan fingerprint density at radius 2 is 1.68 bits per heavy atom. The average molecular weight is 251 g/mol. The topological polar surface area (TPSA) is 12.9 Å². The number of benzene rings is 1. The minimum atomic E-state index is 0.207. The summed E-state index contributed by atoms with van der Waals surface area (Å²) in [5, 5.41) is 0. The van der Waals surface area contributed by atoms with Gasteiger partial charge in [0, 0.05) is 17.8 Å². The van der Waals surface area contributed by atoms with Crippen molar-refractivity contribution in [3.05, 3.63) is 65.0 Å². The predicted molar refractivity (Wildman–Crippen MR) is 79.4 cm³/mol. The highest BCUT2D eigenvalue weighted by Gasteiger charge is 2.32. The molecule has 0 bridgehead atoms. The lowest BCUT2D eigenvalue weighted by atomic mass is 9.72. The molecule has 1 heteroatoms. The van der Waals surface area contributed by atoms with Crippen LogP contribution in [-0.2, 0) is 12.8 Å². The highest BCUT2D eigenvalue weighted by Crippen LogP contribution is 2.44. The van der Waals surface area contributed by atoms with Crippen LogP contribution in [-0.4, -0.2) is 4.98 Å². The molecule has 0 saturated heterocycles. The van der Waals surface area contributed by atoms with Crippen LogP contribution in [0.4, 0.5) is 0 Å². The van der Waals surface area contributed by atoms with E-state index in [1.807, 2.05) is 6.20 Å². The second-order valence-electron chi connectivity index (χ2n) is 6.54. The molecule has 2 aromatic rings. The molecule has 0 amide bonds. The lowest BCUT2D eigenvalue weighted by Gasteiger charge is -2.32. The molecule has 1 heterocycles. The molecule has 1 aromatic carbocycles. The van der Waals surface area contributed by atoms with Gasteiger partial charge in [-0.3, -0.25) is 4.98 Å². The van der Waals surface area contributed by atoms with Gasteiger partial charge in [0.15, 0.2) is 0 Å². The number of nitrogens with zero attached hydrogens (tertiary/aromatic N) is 1. The zero-order chi connectivity index (χ0) is 13.5. The summed E-state index contributed by atoms with van der Waals surface area (Å²) in [5.41, 5.74) is 5.87. The lowest BCUT2D eigenvalue weighted by molar-refractivity contribution is 0.357. The first-order valence-electron chi connectivity index (χ1n) is 7.09. The van der Waals surface area contributed by atoms with Gasteiger partial charge < -0.3 is 0 Å². The third-order valence-electron chi connectivity index (χ3n) is 4.10. The van der Waals surface area contributed by atoms with E-state index in [2.05, 4.69) is 62.2 Å². The number of fused-ring (bicyclic) bond motifs is 2. The van der Waals surface area contributed by atoms with E-state index in [0.717, 1.165) is 12.8 Å². The van der Waals surface area contributed by atoms with Crippen LogP contribution in [0.5, 0.6) is 0 Å². The maximum absolute atomic E-state index is 4.63. The monoisotopic (exact) mass is 251 g/mol. The van der Waals surface area contributed by atoms with Crippen molar-refractivity contribution in [1.82, 2.24) is 4.98 Å². The van der Waals surface area contributed by atoms with E-state index < -0.39 is 0 Å². The molecule has 1 atom stereocenters. The van der Waals surface area contributed by atoms with Crippen LogP contribution >= 0.6 is 0 Å². The van der Waals surface area contributed by atoms with Gasteiger partial charge in [0.2, 0.25) is 0 Å². The molecule has 1 aliphatic carbocycles. The quantitative estimate of drug-likeness (QED) is 0.678. The van der Waals surface area contributed by atoms with E-state index in [-0.39, 0.29) is 5.41 Å². The first-order valence-corrected chi connectivity index (χ1v) is 7.09. The van der Waals surface area contributed by atoms with E-state index in [4.69, 9.17) is 0 Å². The summed E-state index contributed by atoms with van der Waals surface area (Å²) in [4.78, 5) is 4.63. The van der Waals surface area contributed by atoms with E-state index >= 15 is 0 Å². The molecule has 1 unspecified atom stereocenters. The van der Waals surface area contributed by atoms with E-state index in [1.165, 1.54) is 22.4 Å². The van der Waals surface area contributed by atoms with Gasteiger partial charge in [-0.25, -0.2) is 0 Å². The van der Waals surface area contributed by atoms with Crippen LogP contribution in [0, 0.1) is 5.41 Å². The highest BCUT2D eigenvalue weighted by atomic mass is 14.7. The molecule has 0 N–H and O–H groups in total. The summed E-state index contributed by atoms with van der Waals surface area (Å²) in [6.45, 7) is 6.99. The zero-order valence-electron chi connectivity index (χ0n) is 12.0. The molecule has 0 aliphatic heterocycles. The Balaban J connectivity index is 2.25. The second kappa shape index (κ2) is 4.48. The van der Waals surface area contributed by atoms with E-state index in [1.54, 1.807) is 0 Å². The van der Waals surface area contributed by atoms with Gasteiger partial charge in [-0.05, 0) is 41.0 Å². The summed E-state index contributed by atoms with van der Waals surface area (Å²) in [7, 11) is 0. The Bertz CT molecular complexity index is 545. The first kappa shape index (κ1) is 12.4. The van der Waals surface area contributed by atoms with Crippen LogP contribution < -0.4 is 0 Å². The number of aryl methyl sites for hydroxylation is 2.